The monoisotopic (exact) mass is 667 g/mol. The number of nitrogen functional groups attached to an aromatic ring is 1. The highest BCUT2D eigenvalue weighted by atomic mass is 31.2. The van der Waals surface area contributed by atoms with Crippen molar-refractivity contribution in [3.05, 3.63) is 108 Å². The number of pyridine rings is 1. The van der Waals surface area contributed by atoms with E-state index in [0.717, 1.165) is 32.8 Å². The largest absolute Gasteiger partial charge is 0.460 e. The second-order valence-corrected chi connectivity index (χ2v) is 13.1. The first kappa shape index (κ1) is 33.1. The van der Waals surface area contributed by atoms with E-state index in [9.17, 15) is 9.36 Å². The third kappa shape index (κ3) is 7.50. The second kappa shape index (κ2) is 14.5. The number of nitrogens with one attached hydrogen (secondary N) is 1. The number of aromatic nitrogens is 3. The SMILES string of the molecule is CCOCc1nc2c(N)nc3ccccc3c2n1C[C@@H](C)O[P@@](=O)(N[C@@H](C)C(=O)OCc1ccccc1)Oc1ccc2ccccc2c1. The number of ether oxygens (including phenoxy) is 2. The van der Waals surface area contributed by atoms with Gasteiger partial charge in [0.2, 0.25) is 0 Å². The molecule has 6 aromatic rings. The van der Waals surface area contributed by atoms with Crippen molar-refractivity contribution in [3.63, 3.8) is 0 Å². The van der Waals surface area contributed by atoms with Crippen LogP contribution in [0.5, 0.6) is 5.75 Å². The van der Waals surface area contributed by atoms with Gasteiger partial charge in [0.25, 0.3) is 0 Å². The van der Waals surface area contributed by atoms with Gasteiger partial charge in [-0.3, -0.25) is 9.32 Å². The predicted octanol–water partition coefficient (Wildman–Crippen LogP) is 7.17. The van der Waals surface area contributed by atoms with Gasteiger partial charge in [-0.15, -0.1) is 0 Å². The molecule has 6 rings (SSSR count). The van der Waals surface area contributed by atoms with Crippen molar-refractivity contribution >= 4 is 52.2 Å². The molecule has 2 aromatic heterocycles. The molecule has 0 saturated heterocycles. The summed E-state index contributed by atoms with van der Waals surface area (Å²) in [5, 5.41) is 5.56. The molecule has 0 aliphatic carbocycles. The summed E-state index contributed by atoms with van der Waals surface area (Å²) < 4.78 is 40.1. The maximum atomic E-state index is 14.6. The van der Waals surface area contributed by atoms with Crippen LogP contribution in [0, 0.1) is 0 Å². The normalized spacial score (nSPS) is 14.1. The zero-order valence-corrected chi connectivity index (χ0v) is 27.9. The topological polar surface area (TPSA) is 140 Å². The predicted molar refractivity (Wildman–Crippen MR) is 186 cm³/mol. The Labute approximate surface area is 278 Å². The number of hydrogen-bond donors (Lipinski definition) is 2. The number of imidazole rings is 1. The van der Waals surface area contributed by atoms with Crippen molar-refractivity contribution in [1.29, 1.82) is 0 Å². The van der Waals surface area contributed by atoms with Gasteiger partial charge >= 0.3 is 13.7 Å². The number of nitrogens with two attached hydrogens (primary N) is 1. The fourth-order valence-electron chi connectivity index (χ4n) is 5.52. The second-order valence-electron chi connectivity index (χ2n) is 11.4. The van der Waals surface area contributed by atoms with Crippen molar-refractivity contribution < 1.29 is 27.9 Å². The maximum absolute atomic E-state index is 14.6. The lowest BCUT2D eigenvalue weighted by Gasteiger charge is -2.26. The molecular formula is C36H38N5O6P. The molecule has 4 aromatic carbocycles. The first-order valence-corrected chi connectivity index (χ1v) is 17.3. The van der Waals surface area contributed by atoms with Crippen molar-refractivity contribution in [3.8, 4) is 5.75 Å². The van der Waals surface area contributed by atoms with Gasteiger partial charge in [0.15, 0.2) is 5.82 Å². The molecular weight excluding hydrogens is 629 g/mol. The molecule has 0 radical (unpaired) electrons. The Morgan fingerprint density at radius 3 is 2.44 bits per heavy atom. The highest BCUT2D eigenvalue weighted by Crippen LogP contribution is 2.47. The molecule has 248 valence electrons. The van der Waals surface area contributed by atoms with Crippen molar-refractivity contribution in [2.75, 3.05) is 12.3 Å². The Kier molecular flexibility index (Phi) is 10.0. The molecule has 0 amide bonds. The molecule has 0 aliphatic heterocycles. The summed E-state index contributed by atoms with van der Waals surface area (Å²) in [5.74, 6) is 0.620. The molecule has 48 heavy (non-hydrogen) atoms. The number of rotatable bonds is 14. The van der Waals surface area contributed by atoms with Crippen molar-refractivity contribution in [1.82, 2.24) is 19.6 Å². The highest BCUT2D eigenvalue weighted by Gasteiger charge is 2.35. The van der Waals surface area contributed by atoms with Crippen LogP contribution in [0.4, 0.5) is 5.82 Å². The van der Waals surface area contributed by atoms with Gasteiger partial charge in [0.05, 0.1) is 23.7 Å². The fraction of sp³-hybridized carbons (Fsp3) is 0.250. The van der Waals surface area contributed by atoms with Crippen LogP contribution in [0.3, 0.4) is 0 Å². The number of hydrogen-bond acceptors (Lipinski definition) is 9. The summed E-state index contributed by atoms with van der Waals surface area (Å²) in [4.78, 5) is 22.4. The standard InChI is InChI=1S/C36H38N5O6P/c1-4-44-23-32-39-33-34(30-16-10-11-17-31(30)38-35(33)37)41(32)21-24(2)46-48(43,47-29-19-18-27-14-8-9-15-28(27)20-29)40-25(3)36(42)45-22-26-12-6-5-7-13-26/h5-20,24-25H,4,21-23H2,1-3H3,(H2,37,38)(H,40,43)/t24-,25+,48+/m1/s1. The number of fused-ring (bicyclic) bond motifs is 4. The quantitative estimate of drug-likeness (QED) is 0.0908. The van der Waals surface area contributed by atoms with E-state index in [-0.39, 0.29) is 19.8 Å². The van der Waals surface area contributed by atoms with Crippen LogP contribution in [0.25, 0.3) is 32.7 Å². The lowest BCUT2D eigenvalue weighted by molar-refractivity contribution is -0.146. The summed E-state index contributed by atoms with van der Waals surface area (Å²) in [6.45, 7) is 6.23. The molecule has 0 aliphatic rings. The summed E-state index contributed by atoms with van der Waals surface area (Å²) in [6.07, 6.45) is -0.706. The summed E-state index contributed by atoms with van der Waals surface area (Å²) in [5.41, 5.74) is 9.21. The molecule has 2 heterocycles. The molecule has 11 nitrogen and oxygen atoms in total. The van der Waals surface area contributed by atoms with Gasteiger partial charge in [-0.25, -0.2) is 14.5 Å². The number of carbonyl (C=O) groups excluding carboxylic acids is 1. The number of carbonyl (C=O) groups is 1. The van der Waals surface area contributed by atoms with Crippen LogP contribution >= 0.6 is 7.75 Å². The Morgan fingerprint density at radius 1 is 0.917 bits per heavy atom. The number of para-hydroxylation sites is 1. The first-order valence-electron chi connectivity index (χ1n) is 15.8. The minimum Gasteiger partial charge on any atom is -0.460 e. The van der Waals surface area contributed by atoms with Crippen LogP contribution < -0.4 is 15.3 Å². The molecule has 12 heteroatoms. The minimum absolute atomic E-state index is 0.0705. The van der Waals surface area contributed by atoms with E-state index in [1.807, 2.05) is 96.4 Å². The van der Waals surface area contributed by atoms with Crippen molar-refractivity contribution in [2.24, 2.45) is 0 Å². The van der Waals surface area contributed by atoms with Crippen LogP contribution in [-0.4, -0.2) is 39.3 Å². The van der Waals surface area contributed by atoms with Gasteiger partial charge in [0.1, 0.15) is 36.3 Å². The molecule has 3 atom stereocenters. The van der Waals surface area contributed by atoms with E-state index in [4.69, 9.17) is 29.2 Å². The third-order valence-electron chi connectivity index (χ3n) is 7.76. The third-order valence-corrected chi connectivity index (χ3v) is 9.55. The van der Waals surface area contributed by atoms with Crippen LogP contribution in [-0.2, 0) is 43.1 Å². The van der Waals surface area contributed by atoms with Gasteiger partial charge in [0, 0.05) is 12.0 Å². The molecule has 3 N–H and O–H groups in total. The van der Waals surface area contributed by atoms with E-state index >= 15 is 0 Å². The maximum Gasteiger partial charge on any atom is 0.459 e. The minimum atomic E-state index is -4.21. The zero-order chi connectivity index (χ0) is 33.7. The number of anilines is 1. The fourth-order valence-corrected chi connectivity index (χ4v) is 7.19. The van der Waals surface area contributed by atoms with E-state index in [0.29, 0.717) is 29.5 Å². The van der Waals surface area contributed by atoms with Crippen LogP contribution in [0.1, 0.15) is 32.2 Å². The van der Waals surface area contributed by atoms with E-state index in [1.54, 1.807) is 26.0 Å². The Hall–Kier alpha value is -4.80. The lowest BCUT2D eigenvalue weighted by atomic mass is 10.1. The summed E-state index contributed by atoms with van der Waals surface area (Å²) in [7, 11) is -4.21. The number of benzene rings is 4. The van der Waals surface area contributed by atoms with Gasteiger partial charge < -0.3 is 24.3 Å². The lowest BCUT2D eigenvalue weighted by Crippen LogP contribution is -2.36. The number of esters is 1. The average Bonchev–Trinajstić information content (AvgIpc) is 3.44. The van der Waals surface area contributed by atoms with Gasteiger partial charge in [-0.2, -0.15) is 5.09 Å². The van der Waals surface area contributed by atoms with Crippen LogP contribution in [0.15, 0.2) is 97.1 Å². The van der Waals surface area contributed by atoms with E-state index < -0.39 is 25.9 Å². The highest BCUT2D eigenvalue weighted by molar-refractivity contribution is 7.52. The Bertz CT molecular complexity index is 2100. The molecule has 0 spiro atoms. The van der Waals surface area contributed by atoms with Crippen molar-refractivity contribution in [2.45, 2.75) is 52.7 Å². The van der Waals surface area contributed by atoms with Gasteiger partial charge in [-0.05, 0) is 55.3 Å². The Morgan fingerprint density at radius 2 is 1.65 bits per heavy atom. The Balaban J connectivity index is 1.30. The van der Waals surface area contributed by atoms with Crippen LogP contribution in [0.2, 0.25) is 0 Å². The summed E-state index contributed by atoms with van der Waals surface area (Å²) in [6, 6.07) is 29.1. The molecule has 0 saturated carbocycles. The average molecular weight is 668 g/mol. The molecule has 0 unspecified atom stereocenters. The first-order chi connectivity index (χ1) is 23.2. The van der Waals surface area contributed by atoms with Gasteiger partial charge in [-0.1, -0.05) is 78.9 Å². The van der Waals surface area contributed by atoms with E-state index in [2.05, 4.69) is 10.1 Å². The molecule has 0 bridgehead atoms. The smallest absolute Gasteiger partial charge is 0.459 e. The molecule has 0 fully saturated rings. The number of nitrogens with zero attached hydrogens (tertiary/aromatic N) is 3. The van der Waals surface area contributed by atoms with E-state index in [1.165, 1.54) is 0 Å². The summed E-state index contributed by atoms with van der Waals surface area (Å²) >= 11 is 0. The zero-order valence-electron chi connectivity index (χ0n) is 27.0.